The molecule has 0 aromatic heterocycles. The highest BCUT2D eigenvalue weighted by Gasteiger charge is 2.05. The van der Waals surface area contributed by atoms with Gasteiger partial charge in [-0.25, -0.2) is 0 Å². The third kappa shape index (κ3) is 4.38. The zero-order valence-electron chi connectivity index (χ0n) is 11.5. The number of nitrogens with one attached hydrogen (secondary N) is 1. The summed E-state index contributed by atoms with van der Waals surface area (Å²) in [6.07, 6.45) is 2.45. The largest absolute Gasteiger partial charge is 0.493 e. The molecule has 1 aromatic carbocycles. The average Bonchev–Trinajstić information content (AvgIpc) is 2.39. The summed E-state index contributed by atoms with van der Waals surface area (Å²) in [6.45, 7) is 4.89. The Hall–Kier alpha value is -1.53. The maximum Gasteiger partial charge on any atom is 0.122 e. The molecule has 0 aliphatic rings. The molecule has 98 valence electrons. The lowest BCUT2D eigenvalue weighted by atomic mass is 10.1. The summed E-state index contributed by atoms with van der Waals surface area (Å²) in [5.41, 5.74) is 2.43. The van der Waals surface area contributed by atoms with Gasteiger partial charge < -0.3 is 10.1 Å². The van der Waals surface area contributed by atoms with Crippen LogP contribution in [0.1, 0.15) is 43.4 Å². The summed E-state index contributed by atoms with van der Waals surface area (Å²) in [7, 11) is 1.96. The van der Waals surface area contributed by atoms with Crippen LogP contribution in [0.2, 0.25) is 0 Å². The van der Waals surface area contributed by atoms with Gasteiger partial charge in [0, 0.05) is 12.5 Å². The Morgan fingerprint density at radius 1 is 1.39 bits per heavy atom. The molecule has 0 aliphatic carbocycles. The van der Waals surface area contributed by atoms with E-state index in [4.69, 9.17) is 10.00 Å². The first kappa shape index (κ1) is 14.5. The summed E-state index contributed by atoms with van der Waals surface area (Å²) in [6, 6.07) is 8.78. The van der Waals surface area contributed by atoms with Crippen LogP contribution < -0.4 is 10.1 Å². The number of nitrogens with zero attached hydrogens (tertiary/aromatic N) is 1. The monoisotopic (exact) mass is 246 g/mol. The standard InChI is InChI=1S/C15H22N2O/c1-12-11-14(13(2)17-3)7-8-15(12)18-10-6-4-5-9-16/h7-8,11,13,17H,4-6,10H2,1-3H3. The molecule has 0 spiro atoms. The number of benzene rings is 1. The van der Waals surface area contributed by atoms with Crippen molar-refractivity contribution >= 4 is 0 Å². The summed E-state index contributed by atoms with van der Waals surface area (Å²) < 4.78 is 5.72. The molecule has 1 unspecified atom stereocenters. The zero-order chi connectivity index (χ0) is 13.4. The first-order valence-electron chi connectivity index (χ1n) is 6.46. The molecule has 3 heteroatoms. The molecule has 0 bridgehead atoms. The number of unbranched alkanes of at least 4 members (excludes halogenated alkanes) is 2. The van der Waals surface area contributed by atoms with E-state index in [1.807, 2.05) is 13.1 Å². The smallest absolute Gasteiger partial charge is 0.122 e. The summed E-state index contributed by atoms with van der Waals surface area (Å²) >= 11 is 0. The second-order valence-corrected chi connectivity index (χ2v) is 4.50. The molecular weight excluding hydrogens is 224 g/mol. The third-order valence-corrected chi connectivity index (χ3v) is 3.07. The Balaban J connectivity index is 2.50. The topological polar surface area (TPSA) is 45.0 Å². The fourth-order valence-electron chi connectivity index (χ4n) is 1.76. The maximum atomic E-state index is 8.44. The molecule has 1 atom stereocenters. The van der Waals surface area contributed by atoms with E-state index in [0.717, 1.165) is 24.2 Å². The number of nitriles is 1. The van der Waals surface area contributed by atoms with E-state index in [1.165, 1.54) is 5.56 Å². The Morgan fingerprint density at radius 3 is 2.78 bits per heavy atom. The predicted octanol–water partition coefficient (Wildman–Crippen LogP) is 3.35. The van der Waals surface area contributed by atoms with E-state index in [9.17, 15) is 0 Å². The van der Waals surface area contributed by atoms with Crippen molar-refractivity contribution in [3.05, 3.63) is 29.3 Å². The van der Waals surface area contributed by atoms with Crippen molar-refractivity contribution < 1.29 is 4.74 Å². The molecule has 18 heavy (non-hydrogen) atoms. The molecule has 0 amide bonds. The molecule has 0 fully saturated rings. The number of hydrogen-bond donors (Lipinski definition) is 1. The van der Waals surface area contributed by atoms with E-state index >= 15 is 0 Å². The summed E-state index contributed by atoms with van der Waals surface area (Å²) in [4.78, 5) is 0. The van der Waals surface area contributed by atoms with Gasteiger partial charge in [0.2, 0.25) is 0 Å². The van der Waals surface area contributed by atoms with Crippen molar-refractivity contribution in [3.8, 4) is 11.8 Å². The van der Waals surface area contributed by atoms with Crippen LogP contribution in [0.25, 0.3) is 0 Å². The van der Waals surface area contributed by atoms with Crippen molar-refractivity contribution in [2.45, 2.75) is 39.2 Å². The minimum absolute atomic E-state index is 0.355. The second-order valence-electron chi connectivity index (χ2n) is 4.50. The third-order valence-electron chi connectivity index (χ3n) is 3.07. The van der Waals surface area contributed by atoms with Crippen LogP contribution in [-0.2, 0) is 0 Å². The zero-order valence-corrected chi connectivity index (χ0v) is 11.5. The number of ether oxygens (including phenoxy) is 1. The lowest BCUT2D eigenvalue weighted by Gasteiger charge is -2.14. The molecule has 0 saturated carbocycles. The molecule has 3 nitrogen and oxygen atoms in total. The molecule has 1 N–H and O–H groups in total. The lowest BCUT2D eigenvalue weighted by molar-refractivity contribution is 0.305. The fourth-order valence-corrected chi connectivity index (χ4v) is 1.76. The van der Waals surface area contributed by atoms with Crippen molar-refractivity contribution in [1.29, 1.82) is 5.26 Å². The van der Waals surface area contributed by atoms with E-state index in [-0.39, 0.29) is 0 Å². The van der Waals surface area contributed by atoms with Crippen LogP contribution in [0, 0.1) is 18.3 Å². The number of hydrogen-bond acceptors (Lipinski definition) is 3. The lowest BCUT2D eigenvalue weighted by Crippen LogP contribution is -2.12. The highest BCUT2D eigenvalue weighted by molar-refractivity contribution is 5.37. The number of aryl methyl sites for hydroxylation is 1. The highest BCUT2D eigenvalue weighted by Crippen LogP contribution is 2.22. The van der Waals surface area contributed by atoms with Gasteiger partial charge in [-0.15, -0.1) is 0 Å². The number of rotatable bonds is 7. The highest BCUT2D eigenvalue weighted by atomic mass is 16.5. The maximum absolute atomic E-state index is 8.44. The second kappa shape index (κ2) is 7.73. The van der Waals surface area contributed by atoms with Crippen LogP contribution >= 0.6 is 0 Å². The van der Waals surface area contributed by atoms with Gasteiger partial charge in [0.15, 0.2) is 0 Å². The fraction of sp³-hybridized carbons (Fsp3) is 0.533. The first-order chi connectivity index (χ1) is 8.69. The van der Waals surface area contributed by atoms with Gasteiger partial charge >= 0.3 is 0 Å². The Bertz CT molecular complexity index is 409. The minimum atomic E-state index is 0.355. The Morgan fingerprint density at radius 2 is 2.17 bits per heavy atom. The van der Waals surface area contributed by atoms with Crippen LogP contribution in [0.3, 0.4) is 0 Å². The van der Waals surface area contributed by atoms with Crippen molar-refractivity contribution in [2.24, 2.45) is 0 Å². The first-order valence-corrected chi connectivity index (χ1v) is 6.46. The summed E-state index contributed by atoms with van der Waals surface area (Å²) in [5.74, 6) is 0.944. The van der Waals surface area contributed by atoms with Crippen molar-refractivity contribution in [1.82, 2.24) is 5.32 Å². The van der Waals surface area contributed by atoms with Crippen LogP contribution in [0.5, 0.6) is 5.75 Å². The van der Waals surface area contributed by atoms with Crippen LogP contribution in [-0.4, -0.2) is 13.7 Å². The molecule has 1 rings (SSSR count). The Kier molecular flexibility index (Phi) is 6.24. The van der Waals surface area contributed by atoms with Crippen LogP contribution in [0.15, 0.2) is 18.2 Å². The molecule has 0 heterocycles. The van der Waals surface area contributed by atoms with Crippen molar-refractivity contribution in [2.75, 3.05) is 13.7 Å². The van der Waals surface area contributed by atoms with Gasteiger partial charge in [0.1, 0.15) is 5.75 Å². The van der Waals surface area contributed by atoms with E-state index in [0.29, 0.717) is 19.1 Å². The molecule has 1 aromatic rings. The van der Waals surface area contributed by atoms with Gasteiger partial charge in [-0.2, -0.15) is 5.26 Å². The molecule has 0 saturated heterocycles. The van der Waals surface area contributed by atoms with Crippen LogP contribution in [0.4, 0.5) is 0 Å². The molecule has 0 aliphatic heterocycles. The average molecular weight is 246 g/mol. The van der Waals surface area contributed by atoms with E-state index in [2.05, 4.69) is 37.4 Å². The van der Waals surface area contributed by atoms with E-state index < -0.39 is 0 Å². The summed E-state index contributed by atoms with van der Waals surface area (Å²) in [5, 5.41) is 11.7. The normalized spacial score (nSPS) is 11.9. The predicted molar refractivity (Wildman–Crippen MR) is 73.6 cm³/mol. The van der Waals surface area contributed by atoms with Gasteiger partial charge in [-0.05, 0) is 50.9 Å². The van der Waals surface area contributed by atoms with Gasteiger partial charge in [-0.1, -0.05) is 12.1 Å². The van der Waals surface area contributed by atoms with E-state index in [1.54, 1.807) is 0 Å². The quantitative estimate of drug-likeness (QED) is 0.750. The van der Waals surface area contributed by atoms with Gasteiger partial charge in [0.05, 0.1) is 12.7 Å². The molecular formula is C15H22N2O. The molecule has 0 radical (unpaired) electrons. The van der Waals surface area contributed by atoms with Gasteiger partial charge in [0.25, 0.3) is 0 Å². The SMILES string of the molecule is CNC(C)c1ccc(OCCCCC#N)c(C)c1. The van der Waals surface area contributed by atoms with Crippen molar-refractivity contribution in [3.63, 3.8) is 0 Å². The van der Waals surface area contributed by atoms with Gasteiger partial charge in [-0.3, -0.25) is 0 Å². The minimum Gasteiger partial charge on any atom is -0.493 e. The Labute approximate surface area is 110 Å².